The molecule has 15 heavy (non-hydrogen) atoms. The maximum atomic E-state index is 6.07. The summed E-state index contributed by atoms with van der Waals surface area (Å²) in [6.45, 7) is 4.13. The van der Waals surface area contributed by atoms with E-state index in [-0.39, 0.29) is 0 Å². The van der Waals surface area contributed by atoms with Crippen molar-refractivity contribution in [1.82, 2.24) is 14.8 Å². The zero-order valence-electron chi connectivity index (χ0n) is 8.24. The van der Waals surface area contributed by atoms with Crippen LogP contribution in [-0.2, 0) is 0 Å². The first-order chi connectivity index (χ1) is 7.09. The van der Waals surface area contributed by atoms with Crippen molar-refractivity contribution < 1.29 is 0 Å². The number of thiophene rings is 1. The van der Waals surface area contributed by atoms with Crippen LogP contribution in [0.3, 0.4) is 0 Å². The first-order valence-corrected chi connectivity index (χ1v) is 6.01. The third-order valence-electron chi connectivity index (χ3n) is 2.03. The average Bonchev–Trinajstić information content (AvgIpc) is 2.71. The van der Waals surface area contributed by atoms with Gasteiger partial charge in [0.05, 0.1) is 9.90 Å². The molecule has 0 aliphatic heterocycles. The second kappa shape index (κ2) is 4.12. The molecule has 0 saturated carbocycles. The fourth-order valence-corrected chi connectivity index (χ4v) is 2.76. The normalized spacial score (nSPS) is 11.3. The van der Waals surface area contributed by atoms with Crippen LogP contribution in [0.15, 0.2) is 12.4 Å². The lowest BCUT2D eigenvalue weighted by Gasteiger charge is -2.08. The third-order valence-corrected chi connectivity index (χ3v) is 3.51. The SMILES string of the molecule is CC(C)n1cnnc1-c1cc(Cl)sc1Cl. The minimum absolute atomic E-state index is 0.296. The molecule has 2 heterocycles. The molecule has 0 radical (unpaired) electrons. The molecule has 6 heteroatoms. The fraction of sp³-hybridized carbons (Fsp3) is 0.333. The summed E-state index contributed by atoms with van der Waals surface area (Å²) < 4.78 is 3.27. The van der Waals surface area contributed by atoms with E-state index in [0.29, 0.717) is 14.7 Å². The van der Waals surface area contributed by atoms with Crippen LogP contribution < -0.4 is 0 Å². The maximum absolute atomic E-state index is 6.07. The summed E-state index contributed by atoms with van der Waals surface area (Å²) >= 11 is 13.3. The number of hydrogen-bond donors (Lipinski definition) is 0. The maximum Gasteiger partial charge on any atom is 0.166 e. The van der Waals surface area contributed by atoms with Crippen molar-refractivity contribution in [3.8, 4) is 11.4 Å². The number of hydrogen-bond acceptors (Lipinski definition) is 3. The first-order valence-electron chi connectivity index (χ1n) is 4.44. The second-order valence-electron chi connectivity index (χ2n) is 3.39. The Hall–Kier alpha value is -0.580. The Morgan fingerprint density at radius 1 is 1.40 bits per heavy atom. The van der Waals surface area contributed by atoms with E-state index in [4.69, 9.17) is 23.2 Å². The molecule has 0 aliphatic carbocycles. The Morgan fingerprint density at radius 2 is 2.13 bits per heavy atom. The molecule has 2 aromatic heterocycles. The van der Waals surface area contributed by atoms with Gasteiger partial charge in [-0.1, -0.05) is 23.2 Å². The number of halogens is 2. The third kappa shape index (κ3) is 2.02. The summed E-state index contributed by atoms with van der Waals surface area (Å²) in [7, 11) is 0. The van der Waals surface area contributed by atoms with Crippen molar-refractivity contribution in [3.63, 3.8) is 0 Å². The van der Waals surface area contributed by atoms with Crippen molar-refractivity contribution in [3.05, 3.63) is 21.1 Å². The summed E-state index contributed by atoms with van der Waals surface area (Å²) in [5.41, 5.74) is 0.845. The van der Waals surface area contributed by atoms with Gasteiger partial charge in [0.2, 0.25) is 0 Å². The average molecular weight is 262 g/mol. The van der Waals surface area contributed by atoms with Crippen LogP contribution in [0.2, 0.25) is 8.67 Å². The summed E-state index contributed by atoms with van der Waals surface area (Å²) in [5, 5.41) is 7.94. The number of nitrogens with zero attached hydrogens (tertiary/aromatic N) is 3. The minimum atomic E-state index is 0.296. The standard InChI is InChI=1S/C9H9Cl2N3S/c1-5(2)14-4-12-13-9(14)6-3-7(10)15-8(6)11/h3-5H,1-2H3. The highest BCUT2D eigenvalue weighted by Gasteiger charge is 2.15. The van der Waals surface area contributed by atoms with Crippen molar-refractivity contribution in [1.29, 1.82) is 0 Å². The molecule has 2 rings (SSSR count). The Labute approximate surface area is 102 Å². The molecule has 0 amide bonds. The highest BCUT2D eigenvalue weighted by Crippen LogP contribution is 2.37. The smallest absolute Gasteiger partial charge is 0.166 e. The van der Waals surface area contributed by atoms with Gasteiger partial charge in [-0.2, -0.15) is 0 Å². The Kier molecular flexibility index (Phi) is 3.00. The predicted molar refractivity (Wildman–Crippen MR) is 63.7 cm³/mol. The molecule has 0 unspecified atom stereocenters. The minimum Gasteiger partial charge on any atom is -0.311 e. The van der Waals surface area contributed by atoms with Crippen LogP contribution in [0.4, 0.5) is 0 Å². The molecule has 0 atom stereocenters. The topological polar surface area (TPSA) is 30.7 Å². The molecule has 3 nitrogen and oxygen atoms in total. The zero-order chi connectivity index (χ0) is 11.0. The van der Waals surface area contributed by atoms with Crippen LogP contribution in [0, 0.1) is 0 Å². The van der Waals surface area contributed by atoms with Gasteiger partial charge in [0.25, 0.3) is 0 Å². The van der Waals surface area contributed by atoms with Crippen molar-refractivity contribution in [2.24, 2.45) is 0 Å². The van der Waals surface area contributed by atoms with E-state index in [1.165, 1.54) is 11.3 Å². The molecule has 0 aromatic carbocycles. The predicted octanol–water partition coefficient (Wildman–Crippen LogP) is 3.89. The van der Waals surface area contributed by atoms with Crippen molar-refractivity contribution in [2.75, 3.05) is 0 Å². The fourth-order valence-electron chi connectivity index (χ4n) is 1.31. The summed E-state index contributed by atoms with van der Waals surface area (Å²) in [4.78, 5) is 0. The van der Waals surface area contributed by atoms with Crippen molar-refractivity contribution in [2.45, 2.75) is 19.9 Å². The van der Waals surface area contributed by atoms with E-state index in [0.717, 1.165) is 11.4 Å². The molecule has 0 aliphatic rings. The number of aromatic nitrogens is 3. The molecule has 0 N–H and O–H groups in total. The molecule has 0 saturated heterocycles. The molecule has 0 bridgehead atoms. The van der Waals surface area contributed by atoms with Gasteiger partial charge < -0.3 is 4.57 Å². The van der Waals surface area contributed by atoms with Crippen LogP contribution in [-0.4, -0.2) is 14.8 Å². The highest BCUT2D eigenvalue weighted by molar-refractivity contribution is 7.20. The molecular weight excluding hydrogens is 253 g/mol. The largest absolute Gasteiger partial charge is 0.311 e. The molecular formula is C9H9Cl2N3S. The van der Waals surface area contributed by atoms with Gasteiger partial charge in [0, 0.05) is 6.04 Å². The zero-order valence-corrected chi connectivity index (χ0v) is 10.6. The van der Waals surface area contributed by atoms with Crippen LogP contribution in [0.1, 0.15) is 19.9 Å². The second-order valence-corrected chi connectivity index (χ2v) is 5.68. The lowest BCUT2D eigenvalue weighted by molar-refractivity contribution is 0.604. The van der Waals surface area contributed by atoms with E-state index in [1.54, 1.807) is 6.33 Å². The van der Waals surface area contributed by atoms with Gasteiger partial charge in [-0.25, -0.2) is 0 Å². The number of rotatable bonds is 2. The van der Waals surface area contributed by atoms with E-state index >= 15 is 0 Å². The van der Waals surface area contributed by atoms with E-state index in [9.17, 15) is 0 Å². The molecule has 80 valence electrons. The van der Waals surface area contributed by atoms with E-state index < -0.39 is 0 Å². The van der Waals surface area contributed by atoms with Gasteiger partial charge in [0.15, 0.2) is 5.82 Å². The lowest BCUT2D eigenvalue weighted by atomic mass is 10.3. The Morgan fingerprint density at radius 3 is 2.67 bits per heavy atom. The molecule has 0 spiro atoms. The van der Waals surface area contributed by atoms with Crippen LogP contribution in [0.5, 0.6) is 0 Å². The quantitative estimate of drug-likeness (QED) is 0.821. The van der Waals surface area contributed by atoms with E-state index in [2.05, 4.69) is 24.0 Å². The van der Waals surface area contributed by atoms with Gasteiger partial charge in [-0.3, -0.25) is 0 Å². The summed E-state index contributed by atoms with van der Waals surface area (Å²) in [6.07, 6.45) is 1.70. The van der Waals surface area contributed by atoms with E-state index in [1.807, 2.05) is 10.6 Å². The first kappa shape index (κ1) is 10.9. The summed E-state index contributed by atoms with van der Waals surface area (Å²) in [6, 6.07) is 2.11. The van der Waals surface area contributed by atoms with Gasteiger partial charge >= 0.3 is 0 Å². The van der Waals surface area contributed by atoms with Crippen LogP contribution in [0.25, 0.3) is 11.4 Å². The van der Waals surface area contributed by atoms with Gasteiger partial charge in [-0.15, -0.1) is 21.5 Å². The van der Waals surface area contributed by atoms with Crippen molar-refractivity contribution >= 4 is 34.5 Å². The van der Waals surface area contributed by atoms with Gasteiger partial charge in [0.1, 0.15) is 10.7 Å². The Bertz CT molecular complexity index is 475. The molecule has 2 aromatic rings. The van der Waals surface area contributed by atoms with Crippen LogP contribution >= 0.6 is 34.5 Å². The Balaban J connectivity index is 2.54. The summed E-state index contributed by atoms with van der Waals surface area (Å²) in [5.74, 6) is 0.762. The highest BCUT2D eigenvalue weighted by atomic mass is 35.5. The monoisotopic (exact) mass is 261 g/mol. The lowest BCUT2D eigenvalue weighted by Crippen LogP contribution is -2.01. The molecule has 0 fully saturated rings. The van der Waals surface area contributed by atoms with Gasteiger partial charge in [-0.05, 0) is 19.9 Å².